The fraction of sp³-hybridized carbons (Fsp3) is 0.250. The Bertz CT molecular complexity index is 840. The molecule has 0 saturated heterocycles. The molecule has 0 unspecified atom stereocenters. The maximum atomic E-state index is 12.9. The van der Waals surface area contributed by atoms with Crippen LogP contribution < -0.4 is 15.8 Å². The quantitative estimate of drug-likeness (QED) is 0.680. The van der Waals surface area contributed by atoms with Crippen LogP contribution >= 0.6 is 0 Å². The topological polar surface area (TPSA) is 102 Å². The van der Waals surface area contributed by atoms with E-state index in [1.54, 1.807) is 37.3 Å². The predicted molar refractivity (Wildman–Crippen MR) is 101 cm³/mol. The van der Waals surface area contributed by atoms with Crippen LogP contribution in [0, 0.1) is 5.82 Å². The number of likely N-dealkylation sites (N-methyl/N-ethyl adjacent to an activating group) is 1. The molecule has 0 heterocycles. The van der Waals surface area contributed by atoms with Gasteiger partial charge >= 0.3 is 0 Å². The minimum absolute atomic E-state index is 0.142. The first kappa shape index (κ1) is 20.9. The summed E-state index contributed by atoms with van der Waals surface area (Å²) in [6.07, 6.45) is 0. The van der Waals surface area contributed by atoms with Gasteiger partial charge in [-0.1, -0.05) is 24.3 Å². The number of carbonyl (C=O) groups is 3. The summed E-state index contributed by atoms with van der Waals surface area (Å²) in [5.41, 5.74) is 6.20. The van der Waals surface area contributed by atoms with Crippen LogP contribution in [0.2, 0.25) is 0 Å². The summed E-state index contributed by atoms with van der Waals surface area (Å²) < 4.78 is 18.3. The number of hydrogen-bond donors (Lipinski definition) is 2. The molecule has 0 aromatic heterocycles. The number of nitrogens with two attached hydrogens (primary N) is 1. The van der Waals surface area contributed by atoms with Crippen molar-refractivity contribution in [2.45, 2.75) is 13.5 Å². The molecule has 0 fully saturated rings. The Morgan fingerprint density at radius 1 is 1.11 bits per heavy atom. The third-order valence-electron chi connectivity index (χ3n) is 3.98. The molecule has 2 rings (SSSR count). The largest absolute Gasteiger partial charge is 0.483 e. The van der Waals surface area contributed by atoms with Gasteiger partial charge in [-0.15, -0.1) is 0 Å². The van der Waals surface area contributed by atoms with Crippen molar-refractivity contribution >= 4 is 17.7 Å². The lowest BCUT2D eigenvalue weighted by atomic mass is 10.2. The highest BCUT2D eigenvalue weighted by Gasteiger charge is 2.17. The summed E-state index contributed by atoms with van der Waals surface area (Å²) in [4.78, 5) is 37.1. The number of ether oxygens (including phenoxy) is 1. The molecule has 3 N–H and O–H groups in total. The Kier molecular flexibility index (Phi) is 7.50. The van der Waals surface area contributed by atoms with Crippen LogP contribution in [0.1, 0.15) is 22.8 Å². The lowest BCUT2D eigenvalue weighted by molar-refractivity contribution is -0.137. The molecule has 2 aromatic carbocycles. The third-order valence-corrected chi connectivity index (χ3v) is 3.98. The monoisotopic (exact) mass is 387 g/mol. The van der Waals surface area contributed by atoms with Crippen molar-refractivity contribution in [3.8, 4) is 5.75 Å². The van der Waals surface area contributed by atoms with E-state index in [0.717, 1.165) is 5.56 Å². The molecule has 8 heteroatoms. The van der Waals surface area contributed by atoms with Crippen molar-refractivity contribution in [2.24, 2.45) is 5.73 Å². The number of halogens is 1. The fourth-order valence-electron chi connectivity index (χ4n) is 2.44. The zero-order valence-corrected chi connectivity index (χ0v) is 15.5. The second-order valence-electron chi connectivity index (χ2n) is 5.96. The van der Waals surface area contributed by atoms with E-state index in [1.807, 2.05) is 0 Å². The summed E-state index contributed by atoms with van der Waals surface area (Å²) in [7, 11) is 0. The van der Waals surface area contributed by atoms with Gasteiger partial charge in [0.1, 0.15) is 11.6 Å². The molecule has 0 bridgehead atoms. The van der Waals surface area contributed by atoms with Crippen molar-refractivity contribution in [1.82, 2.24) is 10.2 Å². The van der Waals surface area contributed by atoms with Gasteiger partial charge in [0.2, 0.25) is 5.91 Å². The molecule has 7 nitrogen and oxygen atoms in total. The molecule has 0 spiro atoms. The fourth-order valence-corrected chi connectivity index (χ4v) is 2.44. The molecule has 0 aliphatic heterocycles. The molecule has 148 valence electrons. The average molecular weight is 387 g/mol. The van der Waals surface area contributed by atoms with Gasteiger partial charge in [-0.3, -0.25) is 14.4 Å². The summed E-state index contributed by atoms with van der Waals surface area (Å²) in [5, 5.41) is 2.68. The van der Waals surface area contributed by atoms with Crippen molar-refractivity contribution in [1.29, 1.82) is 0 Å². The van der Waals surface area contributed by atoms with Gasteiger partial charge < -0.3 is 20.7 Å². The first-order valence-electron chi connectivity index (χ1n) is 8.71. The summed E-state index contributed by atoms with van der Waals surface area (Å²) in [5.74, 6) is -1.55. The van der Waals surface area contributed by atoms with E-state index in [0.29, 0.717) is 6.54 Å². The van der Waals surface area contributed by atoms with E-state index in [-0.39, 0.29) is 42.7 Å². The Labute approximate surface area is 162 Å². The number of amides is 3. The molecule has 2 aromatic rings. The van der Waals surface area contributed by atoms with Crippen LogP contribution in [0.4, 0.5) is 4.39 Å². The SMILES string of the molecule is CCN(CC(=O)NCc1ccc(F)cc1)C(=O)COc1ccccc1C(N)=O. The van der Waals surface area contributed by atoms with E-state index >= 15 is 0 Å². The van der Waals surface area contributed by atoms with Crippen LogP contribution in [-0.2, 0) is 16.1 Å². The van der Waals surface area contributed by atoms with E-state index in [9.17, 15) is 18.8 Å². The average Bonchev–Trinajstić information content (AvgIpc) is 2.69. The highest BCUT2D eigenvalue weighted by molar-refractivity contribution is 5.95. The Morgan fingerprint density at radius 3 is 2.43 bits per heavy atom. The van der Waals surface area contributed by atoms with Gasteiger partial charge in [0.05, 0.1) is 12.1 Å². The van der Waals surface area contributed by atoms with Gasteiger partial charge in [-0.25, -0.2) is 4.39 Å². The predicted octanol–water partition coefficient (Wildman–Crippen LogP) is 1.47. The van der Waals surface area contributed by atoms with Gasteiger partial charge in [0.15, 0.2) is 6.61 Å². The molecule has 0 aliphatic rings. The van der Waals surface area contributed by atoms with Gasteiger partial charge in [-0.2, -0.15) is 0 Å². The number of primary amides is 1. The number of para-hydroxylation sites is 1. The normalized spacial score (nSPS) is 10.2. The van der Waals surface area contributed by atoms with Crippen molar-refractivity contribution < 1.29 is 23.5 Å². The molecular weight excluding hydrogens is 365 g/mol. The zero-order valence-electron chi connectivity index (χ0n) is 15.5. The van der Waals surface area contributed by atoms with Crippen LogP contribution in [0.25, 0.3) is 0 Å². The number of carbonyl (C=O) groups excluding carboxylic acids is 3. The zero-order chi connectivity index (χ0) is 20.5. The summed E-state index contributed by atoms with van der Waals surface area (Å²) in [6.45, 7) is 1.81. The maximum Gasteiger partial charge on any atom is 0.260 e. The maximum absolute atomic E-state index is 12.9. The summed E-state index contributed by atoms with van der Waals surface area (Å²) >= 11 is 0. The standard InChI is InChI=1S/C20H22FN3O4/c1-2-24(12-18(25)23-11-14-7-9-15(21)10-8-14)19(26)13-28-17-6-4-3-5-16(17)20(22)27/h3-10H,2,11-13H2,1H3,(H2,22,27)(H,23,25). The van der Waals surface area contributed by atoms with Crippen LogP contribution in [0.15, 0.2) is 48.5 Å². The number of benzene rings is 2. The van der Waals surface area contributed by atoms with Gasteiger partial charge in [0.25, 0.3) is 11.8 Å². The molecule has 0 radical (unpaired) electrons. The van der Waals surface area contributed by atoms with Crippen LogP contribution in [0.3, 0.4) is 0 Å². The minimum Gasteiger partial charge on any atom is -0.483 e. The highest BCUT2D eigenvalue weighted by atomic mass is 19.1. The molecule has 28 heavy (non-hydrogen) atoms. The van der Waals surface area contributed by atoms with Crippen molar-refractivity contribution in [2.75, 3.05) is 19.7 Å². The number of nitrogens with one attached hydrogen (secondary N) is 1. The number of rotatable bonds is 9. The molecular formula is C20H22FN3O4. The Balaban J connectivity index is 1.86. The van der Waals surface area contributed by atoms with E-state index in [2.05, 4.69) is 5.32 Å². The second-order valence-corrected chi connectivity index (χ2v) is 5.96. The number of nitrogens with zero attached hydrogens (tertiary/aromatic N) is 1. The number of hydrogen-bond acceptors (Lipinski definition) is 4. The van der Waals surface area contributed by atoms with Crippen molar-refractivity contribution in [3.05, 3.63) is 65.5 Å². The smallest absolute Gasteiger partial charge is 0.260 e. The van der Waals surface area contributed by atoms with E-state index in [4.69, 9.17) is 10.5 Å². The summed E-state index contributed by atoms with van der Waals surface area (Å²) in [6, 6.07) is 12.1. The van der Waals surface area contributed by atoms with Gasteiger partial charge in [-0.05, 0) is 36.8 Å². The Hall–Kier alpha value is -3.42. The first-order valence-corrected chi connectivity index (χ1v) is 8.71. The molecule has 0 saturated carbocycles. The van der Waals surface area contributed by atoms with Crippen LogP contribution in [-0.4, -0.2) is 42.3 Å². The van der Waals surface area contributed by atoms with Crippen molar-refractivity contribution in [3.63, 3.8) is 0 Å². The lowest BCUT2D eigenvalue weighted by Gasteiger charge is -2.21. The molecule has 0 atom stereocenters. The second kappa shape index (κ2) is 10.1. The molecule has 3 amide bonds. The van der Waals surface area contributed by atoms with E-state index in [1.165, 1.54) is 23.1 Å². The highest BCUT2D eigenvalue weighted by Crippen LogP contribution is 2.17. The Morgan fingerprint density at radius 2 is 1.79 bits per heavy atom. The third kappa shape index (κ3) is 6.08. The van der Waals surface area contributed by atoms with E-state index < -0.39 is 11.8 Å². The molecule has 0 aliphatic carbocycles. The lowest BCUT2D eigenvalue weighted by Crippen LogP contribution is -2.42. The minimum atomic E-state index is -0.657. The first-order chi connectivity index (χ1) is 13.4. The van der Waals surface area contributed by atoms with Gasteiger partial charge in [0, 0.05) is 13.1 Å². The van der Waals surface area contributed by atoms with Crippen LogP contribution in [0.5, 0.6) is 5.75 Å².